The smallest absolute Gasteiger partial charge is 0.280 e. The van der Waals surface area contributed by atoms with Crippen LogP contribution >= 0.6 is 11.6 Å². The summed E-state index contributed by atoms with van der Waals surface area (Å²) >= 11 is 5.99. The van der Waals surface area contributed by atoms with Gasteiger partial charge in [-0.3, -0.25) is 4.79 Å². The largest absolute Gasteiger partial charge is 0.310 e. The first-order valence-corrected chi connectivity index (χ1v) is 10.0. The molecule has 2 atom stereocenters. The lowest BCUT2D eigenvalue weighted by Gasteiger charge is -2.30. The molecule has 0 N–H and O–H groups in total. The molecular formula is C21H20ClN5O. The first kappa shape index (κ1) is 17.4. The molecule has 6 nitrogen and oxygen atoms in total. The van der Waals surface area contributed by atoms with Crippen molar-refractivity contribution in [2.24, 2.45) is 5.92 Å². The number of halogens is 1. The van der Waals surface area contributed by atoms with Crippen LogP contribution in [-0.2, 0) is 0 Å². The van der Waals surface area contributed by atoms with Crippen LogP contribution in [0.3, 0.4) is 0 Å². The van der Waals surface area contributed by atoms with Gasteiger partial charge in [0, 0.05) is 22.8 Å². The summed E-state index contributed by atoms with van der Waals surface area (Å²) in [4.78, 5) is 13.1. The molecule has 0 unspecified atom stereocenters. The van der Waals surface area contributed by atoms with E-state index in [9.17, 15) is 4.79 Å². The van der Waals surface area contributed by atoms with Crippen molar-refractivity contribution in [3.05, 3.63) is 58.1 Å². The average Bonchev–Trinajstić information content (AvgIpc) is 3.14. The molecule has 0 aliphatic heterocycles. The summed E-state index contributed by atoms with van der Waals surface area (Å²) in [7, 11) is 0. The van der Waals surface area contributed by atoms with Gasteiger partial charge in [-0.25, -0.2) is 4.52 Å². The molecule has 0 bridgehead atoms. The average molecular weight is 394 g/mol. The zero-order chi connectivity index (χ0) is 19.3. The first-order chi connectivity index (χ1) is 13.6. The van der Waals surface area contributed by atoms with Gasteiger partial charge in [0.2, 0.25) is 0 Å². The molecule has 0 amide bonds. The fourth-order valence-electron chi connectivity index (χ4n) is 4.31. The Morgan fingerprint density at radius 3 is 2.64 bits per heavy atom. The van der Waals surface area contributed by atoms with Gasteiger partial charge < -0.3 is 4.57 Å². The van der Waals surface area contributed by atoms with Crippen LogP contribution < -0.4 is 5.56 Å². The zero-order valence-corrected chi connectivity index (χ0v) is 16.3. The second kappa shape index (κ2) is 6.71. The van der Waals surface area contributed by atoms with Crippen LogP contribution in [0.2, 0.25) is 5.02 Å². The lowest BCUT2D eigenvalue weighted by molar-refractivity contribution is 0.253. The van der Waals surface area contributed by atoms with E-state index in [2.05, 4.69) is 22.2 Å². The van der Waals surface area contributed by atoms with Gasteiger partial charge in [0.25, 0.3) is 5.56 Å². The van der Waals surface area contributed by atoms with Gasteiger partial charge in [-0.1, -0.05) is 43.5 Å². The normalized spacial score (nSPS) is 20.1. The van der Waals surface area contributed by atoms with Crippen LogP contribution in [-0.4, -0.2) is 24.4 Å². The third-order valence-electron chi connectivity index (χ3n) is 5.87. The highest BCUT2D eigenvalue weighted by Gasteiger charge is 2.25. The quantitative estimate of drug-likeness (QED) is 0.502. The monoisotopic (exact) mass is 393 g/mol. The summed E-state index contributed by atoms with van der Waals surface area (Å²) in [5.74, 6) is 0.488. The predicted molar refractivity (Wildman–Crippen MR) is 110 cm³/mol. The van der Waals surface area contributed by atoms with Crippen LogP contribution in [0.4, 0.5) is 0 Å². The highest BCUT2D eigenvalue weighted by atomic mass is 35.5. The number of rotatable bonds is 2. The maximum Gasteiger partial charge on any atom is 0.280 e. The summed E-state index contributed by atoms with van der Waals surface area (Å²) in [6.45, 7) is 2.22. The molecule has 0 spiro atoms. The Hall–Kier alpha value is -2.73. The minimum atomic E-state index is -0.0887. The van der Waals surface area contributed by atoms with Gasteiger partial charge in [0.1, 0.15) is 5.52 Å². The van der Waals surface area contributed by atoms with Crippen molar-refractivity contribution in [3.8, 4) is 11.1 Å². The Balaban J connectivity index is 1.66. The zero-order valence-electron chi connectivity index (χ0n) is 15.5. The van der Waals surface area contributed by atoms with Crippen LogP contribution in [0.1, 0.15) is 38.6 Å². The van der Waals surface area contributed by atoms with Gasteiger partial charge in [0.05, 0.1) is 6.20 Å². The SMILES string of the molecule is C[C@@H]1CCCC[C@@H]1n1ccc2c(nnc3c(-c4ccc(Cl)cc4)cnn32)c1=O. The van der Waals surface area contributed by atoms with Crippen molar-refractivity contribution in [3.63, 3.8) is 0 Å². The van der Waals surface area contributed by atoms with E-state index in [-0.39, 0.29) is 11.6 Å². The van der Waals surface area contributed by atoms with Crippen LogP contribution in [0.5, 0.6) is 0 Å². The minimum absolute atomic E-state index is 0.0887. The van der Waals surface area contributed by atoms with Gasteiger partial charge in [-0.05, 0) is 42.5 Å². The van der Waals surface area contributed by atoms with Gasteiger partial charge in [0.15, 0.2) is 11.2 Å². The number of nitrogens with zero attached hydrogens (tertiary/aromatic N) is 5. The summed E-state index contributed by atoms with van der Waals surface area (Å²) in [5.41, 5.74) is 3.38. The third kappa shape index (κ3) is 2.71. The van der Waals surface area contributed by atoms with Crippen molar-refractivity contribution in [2.75, 3.05) is 0 Å². The number of fused-ring (bicyclic) bond motifs is 3. The van der Waals surface area contributed by atoms with Gasteiger partial charge in [-0.2, -0.15) is 5.10 Å². The summed E-state index contributed by atoms with van der Waals surface area (Å²) in [5, 5.41) is 13.8. The van der Waals surface area contributed by atoms with Gasteiger partial charge >= 0.3 is 0 Å². The minimum Gasteiger partial charge on any atom is -0.310 e. The van der Waals surface area contributed by atoms with E-state index in [0.29, 0.717) is 27.6 Å². The van der Waals surface area contributed by atoms with E-state index in [1.54, 1.807) is 10.7 Å². The summed E-state index contributed by atoms with van der Waals surface area (Å²) in [6.07, 6.45) is 8.23. The van der Waals surface area contributed by atoms with E-state index in [1.807, 2.05) is 41.1 Å². The summed E-state index contributed by atoms with van der Waals surface area (Å²) in [6, 6.07) is 9.67. The van der Waals surface area contributed by atoms with Crippen molar-refractivity contribution in [2.45, 2.75) is 38.6 Å². The second-order valence-electron chi connectivity index (χ2n) is 7.59. The Morgan fingerprint density at radius 1 is 1.07 bits per heavy atom. The van der Waals surface area contributed by atoms with Crippen LogP contribution in [0, 0.1) is 5.92 Å². The molecule has 28 heavy (non-hydrogen) atoms. The van der Waals surface area contributed by atoms with Crippen molar-refractivity contribution < 1.29 is 0 Å². The molecule has 142 valence electrons. The molecule has 0 radical (unpaired) electrons. The molecule has 0 saturated heterocycles. The predicted octanol–water partition coefficient (Wildman–Crippen LogP) is 4.51. The van der Waals surface area contributed by atoms with Crippen molar-refractivity contribution >= 4 is 28.3 Å². The lowest BCUT2D eigenvalue weighted by atomic mass is 9.85. The van der Waals surface area contributed by atoms with E-state index in [0.717, 1.165) is 30.4 Å². The molecular weight excluding hydrogens is 374 g/mol. The van der Waals surface area contributed by atoms with E-state index in [1.165, 1.54) is 6.42 Å². The Bertz CT molecular complexity index is 1230. The van der Waals surface area contributed by atoms with Crippen LogP contribution in [0.15, 0.2) is 47.5 Å². The molecule has 3 heterocycles. The van der Waals surface area contributed by atoms with Crippen molar-refractivity contribution in [1.29, 1.82) is 0 Å². The fourth-order valence-corrected chi connectivity index (χ4v) is 4.44. The highest BCUT2D eigenvalue weighted by molar-refractivity contribution is 6.30. The molecule has 1 aliphatic rings. The Labute approximate surface area is 166 Å². The third-order valence-corrected chi connectivity index (χ3v) is 6.12. The molecule has 5 rings (SSSR count). The van der Waals surface area contributed by atoms with Crippen molar-refractivity contribution in [1.82, 2.24) is 24.4 Å². The number of benzene rings is 1. The van der Waals surface area contributed by atoms with E-state index < -0.39 is 0 Å². The maximum absolute atomic E-state index is 13.1. The topological polar surface area (TPSA) is 65.1 Å². The fraction of sp³-hybridized carbons (Fsp3) is 0.333. The number of pyridine rings is 1. The standard InChI is InChI=1S/C21H20ClN5O/c1-13-4-2-3-5-17(13)26-11-10-18-19(21(26)28)24-25-20-16(12-23-27(18)20)14-6-8-15(22)9-7-14/h6-13,17H,2-5H2,1H3/t13-,17+/m1/s1. The Kier molecular flexibility index (Phi) is 4.16. The van der Waals surface area contributed by atoms with Crippen LogP contribution in [0.25, 0.3) is 27.8 Å². The molecule has 1 saturated carbocycles. The lowest BCUT2D eigenvalue weighted by Crippen LogP contribution is -2.31. The number of hydrogen-bond donors (Lipinski definition) is 0. The molecule has 4 aromatic rings. The highest BCUT2D eigenvalue weighted by Crippen LogP contribution is 2.33. The molecule has 1 aliphatic carbocycles. The second-order valence-corrected chi connectivity index (χ2v) is 8.03. The summed E-state index contributed by atoms with van der Waals surface area (Å²) < 4.78 is 3.54. The maximum atomic E-state index is 13.1. The number of hydrogen-bond acceptors (Lipinski definition) is 4. The first-order valence-electron chi connectivity index (χ1n) is 9.64. The molecule has 1 fully saturated rings. The molecule has 7 heteroatoms. The van der Waals surface area contributed by atoms with E-state index in [4.69, 9.17) is 11.6 Å². The Morgan fingerprint density at radius 2 is 1.86 bits per heavy atom. The number of aromatic nitrogens is 5. The molecule has 1 aromatic carbocycles. The van der Waals surface area contributed by atoms with Gasteiger partial charge in [-0.15, -0.1) is 10.2 Å². The van der Waals surface area contributed by atoms with E-state index >= 15 is 0 Å². The molecule has 3 aromatic heterocycles.